The number of hydrogen-bond acceptors (Lipinski definition) is 4. The quantitative estimate of drug-likeness (QED) is 0.248. The summed E-state index contributed by atoms with van der Waals surface area (Å²) in [5.74, 6) is -3.32. The smallest absolute Gasteiger partial charge is 0.294 e. The highest BCUT2D eigenvalue weighted by Crippen LogP contribution is 2.33. The van der Waals surface area contributed by atoms with Crippen molar-refractivity contribution in [2.24, 2.45) is 13.0 Å². The molecule has 0 bridgehead atoms. The van der Waals surface area contributed by atoms with Gasteiger partial charge in [0.2, 0.25) is 5.91 Å². The Balaban J connectivity index is 1.41. The van der Waals surface area contributed by atoms with Gasteiger partial charge in [0.1, 0.15) is 11.6 Å². The lowest BCUT2D eigenvalue weighted by Crippen LogP contribution is -2.51. The number of nitrogens with zero attached hydrogens (tertiary/aromatic N) is 1. The Bertz CT molecular complexity index is 1590. The van der Waals surface area contributed by atoms with Gasteiger partial charge in [0.25, 0.3) is 17.6 Å². The fourth-order valence-electron chi connectivity index (χ4n) is 5.55. The molecule has 3 aromatic rings. The molecule has 0 atom stereocenters. The van der Waals surface area contributed by atoms with Gasteiger partial charge in [-0.1, -0.05) is 6.07 Å². The van der Waals surface area contributed by atoms with Crippen LogP contribution in [0.5, 0.6) is 0 Å². The van der Waals surface area contributed by atoms with Crippen LogP contribution in [-0.4, -0.2) is 33.6 Å². The van der Waals surface area contributed by atoms with E-state index in [1.807, 2.05) is 6.92 Å². The second-order valence-electron chi connectivity index (χ2n) is 11.5. The zero-order valence-corrected chi connectivity index (χ0v) is 24.7. The molecular weight excluding hydrogens is 542 g/mol. The molecule has 0 unspecified atom stereocenters. The van der Waals surface area contributed by atoms with Crippen LogP contribution < -0.4 is 16.0 Å². The van der Waals surface area contributed by atoms with Crippen molar-refractivity contribution in [3.63, 3.8) is 0 Å². The molecule has 1 saturated carbocycles. The lowest BCUT2D eigenvalue weighted by molar-refractivity contribution is -0.121. The molecule has 1 fully saturated rings. The normalized spacial score (nSPS) is 18.3. The van der Waals surface area contributed by atoms with Gasteiger partial charge in [-0.25, -0.2) is 8.78 Å². The molecule has 1 heterocycles. The van der Waals surface area contributed by atoms with E-state index in [2.05, 4.69) is 16.0 Å². The lowest BCUT2D eigenvalue weighted by atomic mass is 9.77. The van der Waals surface area contributed by atoms with Crippen LogP contribution in [-0.2, 0) is 16.6 Å². The summed E-state index contributed by atoms with van der Waals surface area (Å²) in [6.07, 6.45) is 1.92. The molecule has 0 radical (unpaired) electrons. The van der Waals surface area contributed by atoms with E-state index >= 15 is 0 Å². The maximum absolute atomic E-state index is 13.9. The SMILES string of the molecule is Cc1cc(NC(=O)c2c(C)c(C(=O)C(=O)NC3(C)CCC(C(=O)Nc4ccc(C)c(F)c4)CC3)n(C)c2C)ccc1F. The molecule has 0 spiro atoms. The number of aromatic nitrogens is 1. The molecule has 0 saturated heterocycles. The molecule has 8 nitrogen and oxygen atoms in total. The predicted octanol–water partition coefficient (Wildman–Crippen LogP) is 5.68. The molecule has 1 aromatic heterocycles. The van der Waals surface area contributed by atoms with E-state index in [4.69, 9.17) is 0 Å². The third-order valence-corrected chi connectivity index (χ3v) is 8.31. The monoisotopic (exact) mass is 578 g/mol. The summed E-state index contributed by atoms with van der Waals surface area (Å²) >= 11 is 0. The number of carbonyl (C=O) groups excluding carboxylic acids is 4. The van der Waals surface area contributed by atoms with Crippen LogP contribution in [0.2, 0.25) is 0 Å². The summed E-state index contributed by atoms with van der Waals surface area (Å²) in [6, 6.07) is 8.78. The minimum absolute atomic E-state index is 0.104. The average molecular weight is 579 g/mol. The number of benzene rings is 2. The van der Waals surface area contributed by atoms with Crippen LogP contribution in [0.1, 0.15) is 75.8 Å². The Kier molecular flexibility index (Phi) is 8.65. The van der Waals surface area contributed by atoms with Crippen molar-refractivity contribution in [3.8, 4) is 0 Å². The fourth-order valence-corrected chi connectivity index (χ4v) is 5.55. The molecule has 2 aromatic carbocycles. The van der Waals surface area contributed by atoms with Gasteiger partial charge in [-0.3, -0.25) is 19.2 Å². The molecule has 4 rings (SSSR count). The molecule has 3 amide bonds. The number of aryl methyl sites for hydroxylation is 2. The van der Waals surface area contributed by atoms with Crippen LogP contribution in [0, 0.1) is 45.2 Å². The van der Waals surface area contributed by atoms with E-state index < -0.39 is 29.0 Å². The van der Waals surface area contributed by atoms with Crippen LogP contribution in [0.3, 0.4) is 0 Å². The zero-order valence-electron chi connectivity index (χ0n) is 24.7. The minimum atomic E-state index is -0.791. The Morgan fingerprint density at radius 2 is 1.48 bits per heavy atom. The van der Waals surface area contributed by atoms with Gasteiger partial charge in [0, 0.05) is 35.6 Å². The number of carbonyl (C=O) groups is 4. The second kappa shape index (κ2) is 11.9. The van der Waals surface area contributed by atoms with Crippen molar-refractivity contribution in [2.45, 2.75) is 65.8 Å². The lowest BCUT2D eigenvalue weighted by Gasteiger charge is -2.37. The molecule has 1 aliphatic carbocycles. The van der Waals surface area contributed by atoms with E-state index in [0.717, 1.165) is 0 Å². The Hall–Kier alpha value is -4.34. The van der Waals surface area contributed by atoms with E-state index in [0.29, 0.717) is 59.4 Å². The van der Waals surface area contributed by atoms with Gasteiger partial charge in [-0.05, 0) is 107 Å². The first kappa shape index (κ1) is 30.6. The molecule has 0 aliphatic heterocycles. The maximum Gasteiger partial charge on any atom is 0.294 e. The predicted molar refractivity (Wildman–Crippen MR) is 157 cm³/mol. The highest BCUT2D eigenvalue weighted by Gasteiger charge is 2.37. The number of anilines is 2. The Morgan fingerprint density at radius 1 is 0.857 bits per heavy atom. The van der Waals surface area contributed by atoms with Gasteiger partial charge in [0.05, 0.1) is 11.3 Å². The molecule has 1 aliphatic rings. The third kappa shape index (κ3) is 6.27. The molecule has 222 valence electrons. The number of rotatable bonds is 7. The Labute approximate surface area is 243 Å². The van der Waals surface area contributed by atoms with Crippen LogP contribution in [0.15, 0.2) is 36.4 Å². The summed E-state index contributed by atoms with van der Waals surface area (Å²) in [7, 11) is 1.62. The fraction of sp³-hybridized carbons (Fsp3) is 0.375. The molecule has 42 heavy (non-hydrogen) atoms. The number of Topliss-reactive ketones (excluding diaryl/α,β-unsaturated/α-hetero) is 1. The summed E-state index contributed by atoms with van der Waals surface area (Å²) in [5, 5.41) is 8.37. The van der Waals surface area contributed by atoms with Crippen molar-refractivity contribution in [3.05, 3.63) is 81.7 Å². The van der Waals surface area contributed by atoms with Gasteiger partial charge in [0.15, 0.2) is 0 Å². The first-order valence-corrected chi connectivity index (χ1v) is 13.9. The number of nitrogens with one attached hydrogen (secondary N) is 3. The van der Waals surface area contributed by atoms with Crippen molar-refractivity contribution in [1.29, 1.82) is 0 Å². The highest BCUT2D eigenvalue weighted by atomic mass is 19.1. The third-order valence-electron chi connectivity index (χ3n) is 8.31. The van der Waals surface area contributed by atoms with Gasteiger partial charge >= 0.3 is 0 Å². The van der Waals surface area contributed by atoms with Gasteiger partial charge in [-0.15, -0.1) is 0 Å². The summed E-state index contributed by atoms with van der Waals surface area (Å²) in [6.45, 7) is 8.38. The maximum atomic E-state index is 13.9. The molecular formula is C32H36F2N4O4. The van der Waals surface area contributed by atoms with E-state index in [9.17, 15) is 28.0 Å². The number of hydrogen-bond donors (Lipinski definition) is 3. The first-order chi connectivity index (χ1) is 19.7. The number of amides is 3. The molecule has 10 heteroatoms. The summed E-state index contributed by atoms with van der Waals surface area (Å²) in [5.41, 5.74) is 2.22. The number of halogens is 2. The second-order valence-corrected chi connectivity index (χ2v) is 11.5. The van der Waals surface area contributed by atoms with E-state index in [1.54, 1.807) is 46.9 Å². The van der Waals surface area contributed by atoms with Crippen LogP contribution in [0.25, 0.3) is 0 Å². The number of ketones is 1. The van der Waals surface area contributed by atoms with Crippen LogP contribution in [0.4, 0.5) is 20.2 Å². The van der Waals surface area contributed by atoms with E-state index in [-0.39, 0.29) is 28.9 Å². The Morgan fingerprint density at radius 3 is 2.10 bits per heavy atom. The zero-order chi connectivity index (χ0) is 30.9. The van der Waals surface area contributed by atoms with E-state index in [1.165, 1.54) is 28.8 Å². The standard InChI is InChI=1S/C32H36F2N4O4/c1-17-7-8-23(16-25(17)34)35-29(40)21-11-13-32(5,14-12-21)37-31(42)28(39)27-19(3)26(20(4)38(27)6)30(41)36-22-9-10-24(33)18(2)15-22/h7-10,15-16,21H,11-14H2,1-6H3,(H,35,40)(H,36,41)(H,37,42). The van der Waals surface area contributed by atoms with Crippen molar-refractivity contribution >= 4 is 34.9 Å². The summed E-state index contributed by atoms with van der Waals surface area (Å²) < 4.78 is 29.0. The van der Waals surface area contributed by atoms with Crippen molar-refractivity contribution < 1.29 is 28.0 Å². The van der Waals surface area contributed by atoms with Gasteiger partial charge in [-0.2, -0.15) is 0 Å². The van der Waals surface area contributed by atoms with Gasteiger partial charge < -0.3 is 20.5 Å². The van der Waals surface area contributed by atoms with Crippen molar-refractivity contribution in [2.75, 3.05) is 10.6 Å². The minimum Gasteiger partial charge on any atom is -0.344 e. The van der Waals surface area contributed by atoms with Crippen molar-refractivity contribution in [1.82, 2.24) is 9.88 Å². The average Bonchev–Trinajstić information content (AvgIpc) is 3.15. The summed E-state index contributed by atoms with van der Waals surface area (Å²) in [4.78, 5) is 52.4. The topological polar surface area (TPSA) is 109 Å². The van der Waals surface area contributed by atoms with Crippen LogP contribution >= 0.6 is 0 Å². The highest BCUT2D eigenvalue weighted by molar-refractivity contribution is 6.43. The molecule has 3 N–H and O–H groups in total. The largest absolute Gasteiger partial charge is 0.344 e. The first-order valence-electron chi connectivity index (χ1n) is 13.9.